The van der Waals surface area contributed by atoms with Crippen molar-refractivity contribution < 1.29 is 22.5 Å². The summed E-state index contributed by atoms with van der Waals surface area (Å²) in [7, 11) is -4.84. The molecule has 1 atom stereocenters. The Labute approximate surface area is 121 Å². The number of carbonyl (C=O) groups is 1. The lowest BCUT2D eigenvalue weighted by Gasteiger charge is -2.08. The fourth-order valence-corrected chi connectivity index (χ4v) is 3.88. The van der Waals surface area contributed by atoms with E-state index in [1.165, 1.54) is 24.5 Å². The Hall–Kier alpha value is -0.770. The SMILES string of the molecule is CS(=O)CCNS(=O)(=O)c1ccc(C(=O)O)cc1Br. The molecule has 0 amide bonds. The summed E-state index contributed by atoms with van der Waals surface area (Å²) >= 11 is 3.03. The first-order chi connectivity index (χ1) is 8.74. The first-order valence-corrected chi connectivity index (χ1v) is 9.07. The number of carboxylic acid groups (broad SMARTS) is 1. The van der Waals surface area contributed by atoms with Crippen molar-refractivity contribution >= 4 is 42.7 Å². The van der Waals surface area contributed by atoms with E-state index < -0.39 is 26.8 Å². The average Bonchev–Trinajstić information content (AvgIpc) is 2.27. The maximum absolute atomic E-state index is 11.9. The van der Waals surface area contributed by atoms with Gasteiger partial charge in [-0.3, -0.25) is 4.21 Å². The minimum Gasteiger partial charge on any atom is -0.478 e. The molecule has 106 valence electrons. The molecule has 9 heteroatoms. The van der Waals surface area contributed by atoms with E-state index >= 15 is 0 Å². The van der Waals surface area contributed by atoms with Crippen molar-refractivity contribution in [1.29, 1.82) is 0 Å². The molecule has 0 radical (unpaired) electrons. The van der Waals surface area contributed by atoms with Gasteiger partial charge in [-0.2, -0.15) is 0 Å². The zero-order valence-electron chi connectivity index (χ0n) is 9.92. The highest BCUT2D eigenvalue weighted by atomic mass is 79.9. The van der Waals surface area contributed by atoms with E-state index in [2.05, 4.69) is 20.7 Å². The molecule has 0 aliphatic carbocycles. The number of benzene rings is 1. The first-order valence-electron chi connectivity index (χ1n) is 5.06. The summed E-state index contributed by atoms with van der Waals surface area (Å²) in [5.41, 5.74) is -0.0134. The maximum atomic E-state index is 11.9. The number of sulfonamides is 1. The van der Waals surface area contributed by atoms with E-state index in [0.29, 0.717) is 0 Å². The average molecular weight is 370 g/mol. The second-order valence-corrected chi connectivity index (χ2v) is 7.77. The van der Waals surface area contributed by atoms with Gasteiger partial charge in [0.05, 0.1) is 10.5 Å². The number of hydrogen-bond acceptors (Lipinski definition) is 4. The van der Waals surface area contributed by atoms with Gasteiger partial charge in [0.25, 0.3) is 0 Å². The lowest BCUT2D eigenvalue weighted by atomic mass is 10.2. The second-order valence-electron chi connectivity index (χ2n) is 3.63. The zero-order chi connectivity index (χ0) is 14.6. The quantitative estimate of drug-likeness (QED) is 0.772. The zero-order valence-corrected chi connectivity index (χ0v) is 13.1. The van der Waals surface area contributed by atoms with Gasteiger partial charge in [0.1, 0.15) is 0 Å². The van der Waals surface area contributed by atoms with Crippen LogP contribution in [0.3, 0.4) is 0 Å². The van der Waals surface area contributed by atoms with Gasteiger partial charge in [-0.05, 0) is 34.1 Å². The standard InChI is InChI=1S/C10H12BrNO5S2/c1-18(15)5-4-12-19(16,17)9-3-2-7(10(13)14)6-8(9)11/h2-3,6,12H,4-5H2,1H3,(H,13,14). The fraction of sp³-hybridized carbons (Fsp3) is 0.300. The molecule has 1 rings (SSSR count). The summed E-state index contributed by atoms with van der Waals surface area (Å²) < 4.78 is 37.2. The van der Waals surface area contributed by atoms with Crippen molar-refractivity contribution in [3.8, 4) is 0 Å². The molecular formula is C10H12BrNO5S2. The molecular weight excluding hydrogens is 358 g/mol. The van der Waals surface area contributed by atoms with Crippen molar-refractivity contribution in [2.24, 2.45) is 0 Å². The Bertz CT molecular complexity index is 614. The topological polar surface area (TPSA) is 101 Å². The molecule has 1 unspecified atom stereocenters. The molecule has 0 aliphatic rings. The predicted molar refractivity (Wildman–Crippen MR) is 75.2 cm³/mol. The normalized spacial score (nSPS) is 13.2. The van der Waals surface area contributed by atoms with Crippen molar-refractivity contribution in [2.45, 2.75) is 4.90 Å². The van der Waals surface area contributed by atoms with Crippen LogP contribution in [0.2, 0.25) is 0 Å². The lowest BCUT2D eigenvalue weighted by molar-refractivity contribution is 0.0696. The number of aromatic carboxylic acids is 1. The maximum Gasteiger partial charge on any atom is 0.335 e. The minimum atomic E-state index is -3.75. The molecule has 19 heavy (non-hydrogen) atoms. The van der Waals surface area contributed by atoms with Crippen molar-refractivity contribution in [3.05, 3.63) is 28.2 Å². The Morgan fingerprint density at radius 2 is 2.11 bits per heavy atom. The number of nitrogens with one attached hydrogen (secondary N) is 1. The van der Waals surface area contributed by atoms with Gasteiger partial charge < -0.3 is 5.11 Å². The van der Waals surface area contributed by atoms with Crippen molar-refractivity contribution in [3.63, 3.8) is 0 Å². The Kier molecular flexibility index (Phi) is 5.65. The highest BCUT2D eigenvalue weighted by Gasteiger charge is 2.18. The number of rotatable bonds is 6. The van der Waals surface area contributed by atoms with Gasteiger partial charge in [0.15, 0.2) is 0 Å². The van der Waals surface area contributed by atoms with Gasteiger partial charge in [-0.1, -0.05) is 0 Å². The minimum absolute atomic E-state index is 0.0134. The lowest BCUT2D eigenvalue weighted by Crippen LogP contribution is -2.28. The van der Waals surface area contributed by atoms with E-state index in [1.807, 2.05) is 0 Å². The van der Waals surface area contributed by atoms with E-state index in [0.717, 1.165) is 0 Å². The number of carboxylic acids is 1. The van der Waals surface area contributed by atoms with Crippen molar-refractivity contribution in [2.75, 3.05) is 18.6 Å². The smallest absolute Gasteiger partial charge is 0.335 e. The predicted octanol–water partition coefficient (Wildman–Crippen LogP) is 0.804. The Balaban J connectivity index is 2.96. The van der Waals surface area contributed by atoms with Crippen LogP contribution < -0.4 is 4.72 Å². The van der Waals surface area contributed by atoms with Crippen LogP contribution in [0.5, 0.6) is 0 Å². The van der Waals surface area contributed by atoms with Gasteiger partial charge in [0.2, 0.25) is 10.0 Å². The highest BCUT2D eigenvalue weighted by molar-refractivity contribution is 9.10. The Morgan fingerprint density at radius 3 is 2.58 bits per heavy atom. The monoisotopic (exact) mass is 369 g/mol. The van der Waals surface area contributed by atoms with Crippen LogP contribution in [0.25, 0.3) is 0 Å². The molecule has 0 saturated carbocycles. The summed E-state index contributed by atoms with van der Waals surface area (Å²) in [6.07, 6.45) is 1.48. The molecule has 6 nitrogen and oxygen atoms in total. The van der Waals surface area contributed by atoms with Crippen LogP contribution in [-0.2, 0) is 20.8 Å². The molecule has 0 fully saturated rings. The largest absolute Gasteiger partial charge is 0.478 e. The number of hydrogen-bond donors (Lipinski definition) is 2. The Morgan fingerprint density at radius 1 is 1.47 bits per heavy atom. The van der Waals surface area contributed by atoms with E-state index in [4.69, 9.17) is 5.11 Å². The first kappa shape index (κ1) is 16.3. The molecule has 1 aromatic carbocycles. The molecule has 0 spiro atoms. The molecule has 0 aromatic heterocycles. The molecule has 0 bridgehead atoms. The highest BCUT2D eigenvalue weighted by Crippen LogP contribution is 2.23. The molecule has 0 aliphatic heterocycles. The van der Waals surface area contributed by atoms with E-state index in [1.54, 1.807) is 0 Å². The summed E-state index contributed by atoms with van der Waals surface area (Å²) in [4.78, 5) is 10.7. The van der Waals surface area contributed by atoms with Gasteiger partial charge in [-0.25, -0.2) is 17.9 Å². The van der Waals surface area contributed by atoms with Crippen molar-refractivity contribution in [1.82, 2.24) is 4.72 Å². The third kappa shape index (κ3) is 4.68. The van der Waals surface area contributed by atoms with E-state index in [-0.39, 0.29) is 27.2 Å². The molecule has 1 aromatic rings. The summed E-state index contributed by atoms with van der Waals surface area (Å²) in [5, 5.41) is 8.79. The summed E-state index contributed by atoms with van der Waals surface area (Å²) in [5.74, 6) is -0.927. The molecule has 2 N–H and O–H groups in total. The third-order valence-corrected chi connectivity index (χ3v) is 5.37. The van der Waals surface area contributed by atoms with Gasteiger partial charge in [0, 0.05) is 33.8 Å². The van der Waals surface area contributed by atoms with Crippen LogP contribution in [0, 0.1) is 0 Å². The summed E-state index contributed by atoms with van der Waals surface area (Å²) in [6.45, 7) is 0.0541. The van der Waals surface area contributed by atoms with E-state index in [9.17, 15) is 17.4 Å². The van der Waals surface area contributed by atoms with Crippen LogP contribution in [-0.4, -0.2) is 42.3 Å². The molecule has 0 heterocycles. The fourth-order valence-electron chi connectivity index (χ4n) is 1.25. The number of halogens is 1. The second kappa shape index (κ2) is 6.60. The van der Waals surface area contributed by atoms with Crippen LogP contribution in [0.4, 0.5) is 0 Å². The van der Waals surface area contributed by atoms with Gasteiger partial charge >= 0.3 is 5.97 Å². The summed E-state index contributed by atoms with van der Waals surface area (Å²) in [6, 6.07) is 3.63. The van der Waals surface area contributed by atoms with Gasteiger partial charge in [-0.15, -0.1) is 0 Å². The van der Waals surface area contributed by atoms with Crippen LogP contribution in [0.1, 0.15) is 10.4 Å². The third-order valence-electron chi connectivity index (χ3n) is 2.15. The molecule has 0 saturated heterocycles. The van der Waals surface area contributed by atoms with Crippen LogP contribution in [0.15, 0.2) is 27.6 Å². The van der Waals surface area contributed by atoms with Crippen LogP contribution >= 0.6 is 15.9 Å².